The predicted octanol–water partition coefficient (Wildman–Crippen LogP) is 3.57. The first-order chi connectivity index (χ1) is 14.2. The van der Waals surface area contributed by atoms with E-state index in [1.165, 1.54) is 0 Å². The Morgan fingerprint density at radius 1 is 1.13 bits per heavy atom. The van der Waals surface area contributed by atoms with Gasteiger partial charge >= 0.3 is 11.7 Å². The van der Waals surface area contributed by atoms with Gasteiger partial charge in [0.1, 0.15) is 5.56 Å². The van der Waals surface area contributed by atoms with Crippen LogP contribution in [0.15, 0.2) is 55.5 Å². The molecule has 8 nitrogen and oxygen atoms in total. The SMILES string of the molecule is Cc1cc(Br)c(NC(=O)N=Cc2c(O)n(-c3ccccc3C)c(=O)[nH]c2=O)cc1C. The van der Waals surface area contributed by atoms with E-state index in [9.17, 15) is 19.5 Å². The number of halogens is 1. The number of aromatic hydroxyl groups is 1. The maximum absolute atomic E-state index is 12.3. The third-order valence-electron chi connectivity index (χ3n) is 4.61. The van der Waals surface area contributed by atoms with Gasteiger partial charge in [-0.1, -0.05) is 18.2 Å². The van der Waals surface area contributed by atoms with Crippen molar-refractivity contribution in [3.05, 3.63) is 84.0 Å². The number of amides is 2. The molecule has 2 aromatic carbocycles. The van der Waals surface area contributed by atoms with Gasteiger partial charge in [-0.05, 0) is 71.6 Å². The third kappa shape index (κ3) is 4.25. The molecule has 30 heavy (non-hydrogen) atoms. The molecule has 0 saturated heterocycles. The van der Waals surface area contributed by atoms with Gasteiger partial charge < -0.3 is 10.4 Å². The molecule has 0 radical (unpaired) electrons. The van der Waals surface area contributed by atoms with E-state index in [2.05, 4.69) is 31.2 Å². The number of carbonyl (C=O) groups is 1. The molecule has 2 amide bonds. The summed E-state index contributed by atoms with van der Waals surface area (Å²) in [5, 5.41) is 13.2. The van der Waals surface area contributed by atoms with Gasteiger partial charge in [-0.3, -0.25) is 9.78 Å². The number of carbonyl (C=O) groups excluding carboxylic acids is 1. The second-order valence-corrected chi connectivity index (χ2v) is 7.58. The summed E-state index contributed by atoms with van der Waals surface area (Å²) >= 11 is 3.38. The van der Waals surface area contributed by atoms with Gasteiger partial charge in [0, 0.05) is 4.47 Å². The number of para-hydroxylation sites is 1. The van der Waals surface area contributed by atoms with E-state index in [1.807, 2.05) is 19.9 Å². The lowest BCUT2D eigenvalue weighted by atomic mass is 10.1. The molecular weight excluding hydrogens is 452 g/mol. The molecule has 3 aromatic rings. The van der Waals surface area contributed by atoms with Crippen molar-refractivity contribution >= 4 is 33.9 Å². The number of H-pyrrole nitrogens is 1. The molecule has 154 valence electrons. The smallest absolute Gasteiger partial charge is 0.345 e. The van der Waals surface area contributed by atoms with Gasteiger partial charge in [-0.15, -0.1) is 0 Å². The first kappa shape index (κ1) is 21.3. The van der Waals surface area contributed by atoms with Crippen molar-refractivity contribution in [2.24, 2.45) is 4.99 Å². The van der Waals surface area contributed by atoms with Crippen LogP contribution >= 0.6 is 15.9 Å². The molecular formula is C21H19BrN4O4. The van der Waals surface area contributed by atoms with Crippen LogP contribution in [0.4, 0.5) is 10.5 Å². The number of urea groups is 1. The number of hydrogen-bond acceptors (Lipinski definition) is 4. The van der Waals surface area contributed by atoms with E-state index in [4.69, 9.17) is 0 Å². The average molecular weight is 471 g/mol. The van der Waals surface area contributed by atoms with E-state index in [1.54, 1.807) is 37.3 Å². The number of nitrogens with one attached hydrogen (secondary N) is 2. The van der Waals surface area contributed by atoms with Crippen molar-refractivity contribution < 1.29 is 9.90 Å². The maximum Gasteiger partial charge on any atom is 0.345 e. The number of aromatic amines is 1. The Morgan fingerprint density at radius 3 is 2.50 bits per heavy atom. The number of rotatable bonds is 3. The van der Waals surface area contributed by atoms with Gasteiger partial charge in [0.25, 0.3) is 5.56 Å². The fourth-order valence-corrected chi connectivity index (χ4v) is 3.40. The minimum Gasteiger partial charge on any atom is -0.493 e. The molecule has 3 N–H and O–H groups in total. The standard InChI is InChI=1S/C21H19BrN4O4/c1-11-6-4-5-7-17(11)26-19(28)14(18(27)25-21(26)30)10-23-20(29)24-16-9-13(3)12(2)8-15(16)22/h4-10,28H,1-3H3,(H,24,29)(H,25,27,30). The van der Waals surface area contributed by atoms with Gasteiger partial charge in [-0.2, -0.15) is 0 Å². The van der Waals surface area contributed by atoms with Crippen LogP contribution in [0.5, 0.6) is 5.88 Å². The van der Waals surface area contributed by atoms with Crippen molar-refractivity contribution in [3.8, 4) is 11.6 Å². The van der Waals surface area contributed by atoms with Crippen molar-refractivity contribution in [3.63, 3.8) is 0 Å². The Labute approximate surface area is 180 Å². The molecule has 0 aliphatic rings. The van der Waals surface area contributed by atoms with Gasteiger partial charge in [-0.25, -0.2) is 19.1 Å². The quantitative estimate of drug-likeness (QED) is 0.507. The molecule has 1 heterocycles. The molecule has 0 spiro atoms. The number of nitrogens with zero attached hydrogens (tertiary/aromatic N) is 2. The van der Waals surface area contributed by atoms with Crippen molar-refractivity contribution in [2.45, 2.75) is 20.8 Å². The van der Waals surface area contributed by atoms with Crippen LogP contribution in [0.1, 0.15) is 22.3 Å². The Morgan fingerprint density at radius 2 is 1.80 bits per heavy atom. The first-order valence-electron chi connectivity index (χ1n) is 8.95. The minimum atomic E-state index is -0.855. The van der Waals surface area contributed by atoms with Crippen LogP contribution in [0.25, 0.3) is 5.69 Å². The van der Waals surface area contributed by atoms with E-state index >= 15 is 0 Å². The molecule has 0 fully saturated rings. The molecule has 0 aliphatic carbocycles. The largest absolute Gasteiger partial charge is 0.493 e. The highest BCUT2D eigenvalue weighted by atomic mass is 79.9. The van der Waals surface area contributed by atoms with Gasteiger partial charge in [0.15, 0.2) is 0 Å². The van der Waals surface area contributed by atoms with E-state index in [0.717, 1.165) is 21.9 Å². The lowest BCUT2D eigenvalue weighted by molar-refractivity contribution is 0.259. The van der Waals surface area contributed by atoms with Crippen molar-refractivity contribution in [1.29, 1.82) is 0 Å². The minimum absolute atomic E-state index is 0.313. The molecule has 3 rings (SSSR count). The number of aliphatic imine (C=N–C) groups is 1. The van der Waals surface area contributed by atoms with Gasteiger partial charge in [0.2, 0.25) is 5.88 Å². The molecule has 0 bridgehead atoms. The fourth-order valence-electron chi connectivity index (χ4n) is 2.84. The highest BCUT2D eigenvalue weighted by Crippen LogP contribution is 2.26. The topological polar surface area (TPSA) is 117 Å². The van der Waals surface area contributed by atoms with Gasteiger partial charge in [0.05, 0.1) is 17.6 Å². The summed E-state index contributed by atoms with van der Waals surface area (Å²) in [6.07, 6.45) is 0.923. The fraction of sp³-hybridized carbons (Fsp3) is 0.143. The predicted molar refractivity (Wildman–Crippen MR) is 119 cm³/mol. The zero-order valence-electron chi connectivity index (χ0n) is 16.5. The summed E-state index contributed by atoms with van der Waals surface area (Å²) in [7, 11) is 0. The molecule has 0 atom stereocenters. The van der Waals surface area contributed by atoms with Crippen LogP contribution in [-0.4, -0.2) is 26.9 Å². The number of aryl methyl sites for hydroxylation is 3. The summed E-state index contributed by atoms with van der Waals surface area (Å²) in [5.74, 6) is -0.609. The molecule has 0 aliphatic heterocycles. The maximum atomic E-state index is 12.3. The highest BCUT2D eigenvalue weighted by Gasteiger charge is 2.16. The monoisotopic (exact) mass is 470 g/mol. The normalized spacial score (nSPS) is 11.1. The first-order valence-corrected chi connectivity index (χ1v) is 9.74. The third-order valence-corrected chi connectivity index (χ3v) is 5.27. The number of benzene rings is 2. The van der Waals surface area contributed by atoms with Crippen molar-refractivity contribution in [2.75, 3.05) is 5.32 Å². The second-order valence-electron chi connectivity index (χ2n) is 6.72. The van der Waals surface area contributed by atoms with E-state index in [0.29, 0.717) is 21.4 Å². The van der Waals surface area contributed by atoms with Crippen LogP contribution in [0.3, 0.4) is 0 Å². The van der Waals surface area contributed by atoms with E-state index < -0.39 is 23.2 Å². The second kappa shape index (κ2) is 8.50. The van der Waals surface area contributed by atoms with E-state index in [-0.39, 0.29) is 5.56 Å². The number of hydrogen-bond donors (Lipinski definition) is 3. The zero-order valence-corrected chi connectivity index (χ0v) is 18.1. The summed E-state index contributed by atoms with van der Waals surface area (Å²) in [6.45, 7) is 5.62. The average Bonchev–Trinajstić information content (AvgIpc) is 2.67. The number of anilines is 1. The lowest BCUT2D eigenvalue weighted by Gasteiger charge is -2.11. The molecule has 1 aromatic heterocycles. The molecule has 0 saturated carbocycles. The Bertz CT molecular complexity index is 1290. The summed E-state index contributed by atoms with van der Waals surface area (Å²) in [5.41, 5.74) is 1.70. The molecule has 0 unspecified atom stereocenters. The van der Waals surface area contributed by atoms with Crippen LogP contribution < -0.4 is 16.6 Å². The summed E-state index contributed by atoms with van der Waals surface area (Å²) in [6, 6.07) is 9.77. The summed E-state index contributed by atoms with van der Waals surface area (Å²) < 4.78 is 1.64. The Balaban J connectivity index is 1.96. The molecule has 9 heteroatoms. The highest BCUT2D eigenvalue weighted by molar-refractivity contribution is 9.10. The van der Waals surface area contributed by atoms with Crippen LogP contribution in [0.2, 0.25) is 0 Å². The lowest BCUT2D eigenvalue weighted by Crippen LogP contribution is -2.31. The summed E-state index contributed by atoms with van der Waals surface area (Å²) in [4.78, 5) is 42.5. The van der Waals surface area contributed by atoms with Crippen molar-refractivity contribution in [1.82, 2.24) is 9.55 Å². The Kier molecular flexibility index (Phi) is 6.02. The Hall–Kier alpha value is -3.46. The zero-order chi connectivity index (χ0) is 22.0. The van der Waals surface area contributed by atoms with Crippen LogP contribution in [-0.2, 0) is 0 Å². The number of aromatic nitrogens is 2. The van der Waals surface area contributed by atoms with Crippen LogP contribution in [0, 0.1) is 20.8 Å².